The van der Waals surface area contributed by atoms with E-state index >= 15 is 0 Å². The van der Waals surface area contributed by atoms with Crippen LogP contribution in [0.25, 0.3) is 10.7 Å². The predicted molar refractivity (Wildman–Crippen MR) is 66.8 cm³/mol. The number of thiazole rings is 1. The Hall–Kier alpha value is -1.30. The molecule has 4 nitrogen and oxygen atoms in total. The Labute approximate surface area is 104 Å². The molecular weight excluding hydrogens is 234 g/mol. The Bertz CT molecular complexity index is 482. The minimum absolute atomic E-state index is 0.495. The smallest absolute Gasteiger partial charge is 0.142 e. The maximum atomic E-state index is 5.11. The molecule has 0 atom stereocenters. The van der Waals surface area contributed by atoms with Crippen molar-refractivity contribution in [3.05, 3.63) is 35.5 Å². The van der Waals surface area contributed by atoms with Crippen molar-refractivity contribution in [2.45, 2.75) is 12.6 Å². The first-order chi connectivity index (χ1) is 8.42. The van der Waals surface area contributed by atoms with Gasteiger partial charge in [0.05, 0.1) is 30.6 Å². The molecular formula is C12H13N3OS. The Morgan fingerprint density at radius 1 is 1.41 bits per heavy atom. The zero-order valence-corrected chi connectivity index (χ0v) is 10.1. The molecule has 0 aromatic carbocycles. The molecule has 1 N–H and O–H groups in total. The number of hydrogen-bond donors (Lipinski definition) is 1. The van der Waals surface area contributed by atoms with Crippen LogP contribution in [0.5, 0.6) is 0 Å². The highest BCUT2D eigenvalue weighted by Gasteiger charge is 2.17. The van der Waals surface area contributed by atoms with E-state index in [9.17, 15) is 0 Å². The highest BCUT2D eigenvalue weighted by atomic mass is 32.1. The molecule has 1 aliphatic heterocycles. The van der Waals surface area contributed by atoms with Crippen molar-refractivity contribution in [2.24, 2.45) is 0 Å². The van der Waals surface area contributed by atoms with Crippen molar-refractivity contribution >= 4 is 11.3 Å². The summed E-state index contributed by atoms with van der Waals surface area (Å²) in [6.07, 6.45) is 1.79. The quantitative estimate of drug-likeness (QED) is 0.893. The van der Waals surface area contributed by atoms with Gasteiger partial charge in [0.1, 0.15) is 5.01 Å². The fourth-order valence-electron chi connectivity index (χ4n) is 1.60. The summed E-state index contributed by atoms with van der Waals surface area (Å²) < 4.78 is 5.11. The molecule has 17 heavy (non-hydrogen) atoms. The second-order valence-electron chi connectivity index (χ2n) is 3.97. The van der Waals surface area contributed by atoms with Gasteiger partial charge in [0.25, 0.3) is 0 Å². The SMILES string of the molecule is c1ccc(-c2nc(CNC3COC3)cs2)nc1. The van der Waals surface area contributed by atoms with Crippen molar-refractivity contribution in [2.75, 3.05) is 13.2 Å². The highest BCUT2D eigenvalue weighted by Crippen LogP contribution is 2.21. The van der Waals surface area contributed by atoms with Crippen LogP contribution in [0.3, 0.4) is 0 Å². The largest absolute Gasteiger partial charge is 0.378 e. The topological polar surface area (TPSA) is 47.0 Å². The molecule has 0 amide bonds. The van der Waals surface area contributed by atoms with Crippen molar-refractivity contribution in [1.82, 2.24) is 15.3 Å². The van der Waals surface area contributed by atoms with E-state index in [1.807, 2.05) is 18.2 Å². The normalized spacial score (nSPS) is 15.8. The molecule has 1 saturated heterocycles. The lowest BCUT2D eigenvalue weighted by atomic mass is 10.2. The summed E-state index contributed by atoms with van der Waals surface area (Å²) >= 11 is 1.64. The number of rotatable bonds is 4. The summed E-state index contributed by atoms with van der Waals surface area (Å²) in [6, 6.07) is 6.37. The Balaban J connectivity index is 1.65. The van der Waals surface area contributed by atoms with E-state index in [1.54, 1.807) is 17.5 Å². The standard InChI is InChI=1S/C12H13N3OS/c1-2-4-13-11(3-1)12-15-9(8-17-12)5-14-10-6-16-7-10/h1-4,8,10,14H,5-7H2. The monoisotopic (exact) mass is 247 g/mol. The number of ether oxygens (including phenoxy) is 1. The summed E-state index contributed by atoms with van der Waals surface area (Å²) in [4.78, 5) is 8.86. The van der Waals surface area contributed by atoms with Crippen LogP contribution in [0.1, 0.15) is 5.69 Å². The molecule has 0 unspecified atom stereocenters. The molecule has 2 aromatic rings. The van der Waals surface area contributed by atoms with Gasteiger partial charge in [0, 0.05) is 18.1 Å². The fourth-order valence-corrected chi connectivity index (χ4v) is 2.39. The third-order valence-corrected chi connectivity index (χ3v) is 3.56. The van der Waals surface area contributed by atoms with E-state index in [0.29, 0.717) is 6.04 Å². The van der Waals surface area contributed by atoms with Crippen LogP contribution in [0.4, 0.5) is 0 Å². The van der Waals surface area contributed by atoms with Crippen LogP contribution in [0, 0.1) is 0 Å². The average Bonchev–Trinajstić information content (AvgIpc) is 2.77. The predicted octanol–water partition coefficient (Wildman–Crippen LogP) is 1.69. The van der Waals surface area contributed by atoms with Crippen molar-refractivity contribution in [1.29, 1.82) is 0 Å². The van der Waals surface area contributed by atoms with Gasteiger partial charge in [-0.1, -0.05) is 6.07 Å². The second kappa shape index (κ2) is 4.91. The van der Waals surface area contributed by atoms with E-state index in [2.05, 4.69) is 20.7 Å². The molecule has 1 fully saturated rings. The molecule has 0 saturated carbocycles. The lowest BCUT2D eigenvalue weighted by molar-refractivity contribution is -0.00588. The maximum absolute atomic E-state index is 5.11. The van der Waals surface area contributed by atoms with Gasteiger partial charge < -0.3 is 10.1 Å². The van der Waals surface area contributed by atoms with Gasteiger partial charge >= 0.3 is 0 Å². The van der Waals surface area contributed by atoms with Gasteiger partial charge in [-0.05, 0) is 12.1 Å². The van der Waals surface area contributed by atoms with Gasteiger partial charge in [0.15, 0.2) is 0 Å². The van der Waals surface area contributed by atoms with Gasteiger partial charge in [-0.2, -0.15) is 0 Å². The van der Waals surface area contributed by atoms with Gasteiger partial charge in [-0.15, -0.1) is 11.3 Å². The molecule has 0 radical (unpaired) electrons. The molecule has 88 valence electrons. The van der Waals surface area contributed by atoms with Crippen molar-refractivity contribution < 1.29 is 4.74 Å². The zero-order chi connectivity index (χ0) is 11.5. The summed E-state index contributed by atoms with van der Waals surface area (Å²) in [5.41, 5.74) is 2.01. The first kappa shape index (κ1) is 10.8. The Kier molecular flexibility index (Phi) is 3.13. The first-order valence-corrected chi connectivity index (χ1v) is 6.47. The van der Waals surface area contributed by atoms with Crippen LogP contribution >= 0.6 is 11.3 Å². The van der Waals surface area contributed by atoms with Gasteiger partial charge in [-0.3, -0.25) is 4.98 Å². The molecule has 0 bridgehead atoms. The zero-order valence-electron chi connectivity index (χ0n) is 9.30. The minimum atomic E-state index is 0.495. The molecule has 3 heterocycles. The third-order valence-electron chi connectivity index (χ3n) is 2.65. The molecule has 1 aliphatic rings. The van der Waals surface area contributed by atoms with E-state index in [4.69, 9.17) is 4.74 Å². The Morgan fingerprint density at radius 3 is 3.06 bits per heavy atom. The van der Waals surface area contributed by atoms with E-state index in [0.717, 1.165) is 36.2 Å². The molecule has 2 aromatic heterocycles. The molecule has 0 aliphatic carbocycles. The van der Waals surface area contributed by atoms with Gasteiger partial charge in [-0.25, -0.2) is 4.98 Å². The van der Waals surface area contributed by atoms with Crippen molar-refractivity contribution in [3.8, 4) is 10.7 Å². The minimum Gasteiger partial charge on any atom is -0.378 e. The van der Waals surface area contributed by atoms with Crippen LogP contribution in [0.2, 0.25) is 0 Å². The van der Waals surface area contributed by atoms with Gasteiger partial charge in [0.2, 0.25) is 0 Å². The molecule has 3 rings (SSSR count). The van der Waals surface area contributed by atoms with Crippen LogP contribution in [-0.4, -0.2) is 29.2 Å². The summed E-state index contributed by atoms with van der Waals surface area (Å²) in [6.45, 7) is 2.44. The lowest BCUT2D eigenvalue weighted by Crippen LogP contribution is -2.45. The average molecular weight is 247 g/mol. The number of aromatic nitrogens is 2. The third kappa shape index (κ3) is 2.52. The van der Waals surface area contributed by atoms with Crippen molar-refractivity contribution in [3.63, 3.8) is 0 Å². The molecule has 5 heteroatoms. The van der Waals surface area contributed by atoms with Crippen LogP contribution in [-0.2, 0) is 11.3 Å². The number of nitrogens with zero attached hydrogens (tertiary/aromatic N) is 2. The second-order valence-corrected chi connectivity index (χ2v) is 4.83. The van der Waals surface area contributed by atoms with Crippen LogP contribution in [0.15, 0.2) is 29.8 Å². The maximum Gasteiger partial charge on any atom is 0.142 e. The number of nitrogens with one attached hydrogen (secondary N) is 1. The summed E-state index contributed by atoms with van der Waals surface area (Å²) in [5, 5.41) is 6.46. The van der Waals surface area contributed by atoms with Crippen LogP contribution < -0.4 is 5.32 Å². The first-order valence-electron chi connectivity index (χ1n) is 5.59. The Morgan fingerprint density at radius 2 is 2.35 bits per heavy atom. The summed E-state index contributed by atoms with van der Waals surface area (Å²) in [5.74, 6) is 0. The lowest BCUT2D eigenvalue weighted by Gasteiger charge is -2.26. The van der Waals surface area contributed by atoms with E-state index in [-0.39, 0.29) is 0 Å². The fraction of sp³-hybridized carbons (Fsp3) is 0.333. The summed E-state index contributed by atoms with van der Waals surface area (Å²) in [7, 11) is 0. The number of pyridine rings is 1. The highest BCUT2D eigenvalue weighted by molar-refractivity contribution is 7.13. The van der Waals surface area contributed by atoms with E-state index in [1.165, 1.54) is 0 Å². The number of hydrogen-bond acceptors (Lipinski definition) is 5. The van der Waals surface area contributed by atoms with E-state index < -0.39 is 0 Å². The molecule has 0 spiro atoms.